The van der Waals surface area contributed by atoms with E-state index in [1.807, 2.05) is 4.90 Å². The molecule has 1 aromatic carbocycles. The zero-order valence-corrected chi connectivity index (χ0v) is 12.4. The van der Waals surface area contributed by atoms with Gasteiger partial charge in [-0.1, -0.05) is 0 Å². The molecule has 2 fully saturated rings. The van der Waals surface area contributed by atoms with Gasteiger partial charge in [-0.3, -0.25) is 10.1 Å². The molecule has 1 aromatic rings. The van der Waals surface area contributed by atoms with Gasteiger partial charge in [-0.2, -0.15) is 0 Å². The summed E-state index contributed by atoms with van der Waals surface area (Å²) in [5, 5.41) is 11.3. The minimum atomic E-state index is -0.931. The predicted octanol–water partition coefficient (Wildman–Crippen LogP) is 1.67. The van der Waals surface area contributed by atoms with Crippen LogP contribution in [0.5, 0.6) is 0 Å². The highest BCUT2D eigenvalue weighted by Gasteiger charge is 2.31. The Labute approximate surface area is 132 Å². The number of nitro benzene ring substituents is 1. The summed E-state index contributed by atoms with van der Waals surface area (Å²) >= 11 is 0. The van der Waals surface area contributed by atoms with Crippen LogP contribution in [0.4, 0.5) is 11.4 Å². The molecule has 0 amide bonds. The van der Waals surface area contributed by atoms with Crippen LogP contribution in [0, 0.1) is 10.1 Å². The third-order valence-electron chi connectivity index (χ3n) is 3.99. The molecule has 0 saturated carbocycles. The van der Waals surface area contributed by atoms with Crippen LogP contribution >= 0.6 is 0 Å². The molecule has 0 unspecified atom stereocenters. The third-order valence-corrected chi connectivity index (χ3v) is 3.99. The predicted molar refractivity (Wildman–Crippen MR) is 79.3 cm³/mol. The minimum Gasteiger partial charge on any atom is -0.463 e. The van der Waals surface area contributed by atoms with Crippen molar-refractivity contribution in [3.63, 3.8) is 0 Å². The molecule has 2 heterocycles. The Bertz CT molecular complexity index is 653. The van der Waals surface area contributed by atoms with Gasteiger partial charge in [0.2, 0.25) is 6.10 Å². The van der Waals surface area contributed by atoms with Gasteiger partial charge in [-0.25, -0.2) is 9.59 Å². The highest BCUT2D eigenvalue weighted by atomic mass is 16.6. The van der Waals surface area contributed by atoms with Gasteiger partial charge < -0.3 is 14.4 Å². The van der Waals surface area contributed by atoms with Crippen molar-refractivity contribution in [2.75, 3.05) is 24.6 Å². The molecular formula is C15H16N2O6. The number of hydrogen-bond acceptors (Lipinski definition) is 7. The molecule has 0 spiro atoms. The number of benzene rings is 1. The maximum absolute atomic E-state index is 12.1. The Balaban J connectivity index is 1.82. The van der Waals surface area contributed by atoms with Crippen LogP contribution in [0.25, 0.3) is 0 Å². The average Bonchev–Trinajstić information content (AvgIpc) is 3.19. The SMILES string of the molecule is O=C(O[C@H]1CCOC1=O)c1ccc(N2CCCC2)c([N+](=O)[O-])c1. The van der Waals surface area contributed by atoms with Gasteiger partial charge >= 0.3 is 11.9 Å². The van der Waals surface area contributed by atoms with E-state index in [0.717, 1.165) is 25.9 Å². The summed E-state index contributed by atoms with van der Waals surface area (Å²) in [5.41, 5.74) is 0.430. The maximum Gasteiger partial charge on any atom is 0.347 e. The average molecular weight is 320 g/mol. The smallest absolute Gasteiger partial charge is 0.347 e. The summed E-state index contributed by atoms with van der Waals surface area (Å²) in [6, 6.07) is 4.26. The van der Waals surface area contributed by atoms with Crippen LogP contribution in [0.1, 0.15) is 29.6 Å². The standard InChI is InChI=1S/C15H16N2O6/c18-14(23-13-5-8-22-15(13)19)10-3-4-11(12(9-10)17(20)21)16-6-1-2-7-16/h3-4,9,13H,1-2,5-8H2/t13-/m0/s1. The maximum atomic E-state index is 12.1. The summed E-state index contributed by atoms with van der Waals surface area (Å²) in [4.78, 5) is 36.1. The Kier molecular flexibility index (Phi) is 4.14. The third kappa shape index (κ3) is 3.10. The number of ether oxygens (including phenoxy) is 2. The molecule has 0 aliphatic carbocycles. The quantitative estimate of drug-likeness (QED) is 0.472. The topological polar surface area (TPSA) is 99.0 Å². The van der Waals surface area contributed by atoms with Crippen molar-refractivity contribution in [2.45, 2.75) is 25.4 Å². The lowest BCUT2D eigenvalue weighted by molar-refractivity contribution is -0.384. The van der Waals surface area contributed by atoms with Gasteiger partial charge in [0, 0.05) is 25.6 Å². The van der Waals surface area contributed by atoms with E-state index in [-0.39, 0.29) is 17.9 Å². The van der Waals surface area contributed by atoms with E-state index in [4.69, 9.17) is 9.47 Å². The number of hydrogen-bond donors (Lipinski definition) is 0. The van der Waals surface area contributed by atoms with Gasteiger partial charge in [0.05, 0.1) is 17.1 Å². The molecule has 0 bridgehead atoms. The normalized spacial score (nSPS) is 20.4. The van der Waals surface area contributed by atoms with E-state index in [0.29, 0.717) is 12.1 Å². The molecule has 0 radical (unpaired) electrons. The first-order valence-electron chi connectivity index (χ1n) is 7.47. The first kappa shape index (κ1) is 15.3. The Morgan fingerprint density at radius 1 is 1.35 bits per heavy atom. The number of nitro groups is 1. The van der Waals surface area contributed by atoms with Gasteiger partial charge in [-0.15, -0.1) is 0 Å². The second-order valence-corrected chi connectivity index (χ2v) is 5.50. The van der Waals surface area contributed by atoms with Crippen molar-refractivity contribution in [1.82, 2.24) is 0 Å². The van der Waals surface area contributed by atoms with E-state index in [1.165, 1.54) is 12.1 Å². The van der Waals surface area contributed by atoms with E-state index in [2.05, 4.69) is 0 Å². The molecule has 8 heteroatoms. The number of carbonyl (C=O) groups is 2. The van der Waals surface area contributed by atoms with Gasteiger partial charge in [0.15, 0.2) is 0 Å². The fourth-order valence-electron chi connectivity index (χ4n) is 2.80. The van der Waals surface area contributed by atoms with Crippen LogP contribution in [-0.2, 0) is 14.3 Å². The molecular weight excluding hydrogens is 304 g/mol. The van der Waals surface area contributed by atoms with Crippen LogP contribution in [0.3, 0.4) is 0 Å². The number of carbonyl (C=O) groups excluding carboxylic acids is 2. The van der Waals surface area contributed by atoms with Crippen molar-refractivity contribution in [1.29, 1.82) is 0 Å². The van der Waals surface area contributed by atoms with Crippen molar-refractivity contribution in [3.8, 4) is 0 Å². The first-order valence-corrected chi connectivity index (χ1v) is 7.47. The number of cyclic esters (lactones) is 1. The molecule has 2 aliphatic heterocycles. The van der Waals surface area contributed by atoms with Crippen molar-refractivity contribution < 1.29 is 24.0 Å². The number of nitrogens with zero attached hydrogens (tertiary/aromatic N) is 2. The fourth-order valence-corrected chi connectivity index (χ4v) is 2.80. The van der Waals surface area contributed by atoms with E-state index in [9.17, 15) is 19.7 Å². The summed E-state index contributed by atoms with van der Waals surface area (Å²) in [5.74, 6) is -1.34. The Hall–Kier alpha value is -2.64. The van der Waals surface area contributed by atoms with E-state index in [1.54, 1.807) is 6.07 Å². The van der Waals surface area contributed by atoms with Gasteiger partial charge in [0.1, 0.15) is 5.69 Å². The monoisotopic (exact) mass is 320 g/mol. The van der Waals surface area contributed by atoms with Crippen LogP contribution < -0.4 is 4.90 Å². The summed E-state index contributed by atoms with van der Waals surface area (Å²) in [6.07, 6.45) is 1.35. The Morgan fingerprint density at radius 2 is 2.09 bits per heavy atom. The number of rotatable bonds is 4. The minimum absolute atomic E-state index is 0.0550. The van der Waals surface area contributed by atoms with Crippen molar-refractivity contribution >= 4 is 23.3 Å². The van der Waals surface area contributed by atoms with Crippen molar-refractivity contribution in [2.24, 2.45) is 0 Å². The largest absolute Gasteiger partial charge is 0.463 e. The molecule has 1 atom stereocenters. The van der Waals surface area contributed by atoms with Crippen LogP contribution in [0.15, 0.2) is 18.2 Å². The molecule has 2 aliphatic rings. The van der Waals surface area contributed by atoms with Gasteiger partial charge in [-0.05, 0) is 25.0 Å². The van der Waals surface area contributed by atoms with Gasteiger partial charge in [0.25, 0.3) is 5.69 Å². The Morgan fingerprint density at radius 3 is 2.70 bits per heavy atom. The fraction of sp³-hybridized carbons (Fsp3) is 0.467. The highest BCUT2D eigenvalue weighted by Crippen LogP contribution is 2.32. The molecule has 3 rings (SSSR count). The van der Waals surface area contributed by atoms with E-state index < -0.39 is 23.0 Å². The number of esters is 2. The molecule has 8 nitrogen and oxygen atoms in total. The molecule has 2 saturated heterocycles. The molecule has 122 valence electrons. The molecule has 0 aromatic heterocycles. The van der Waals surface area contributed by atoms with Crippen LogP contribution in [0.2, 0.25) is 0 Å². The first-order chi connectivity index (χ1) is 11.1. The second kappa shape index (κ2) is 6.23. The summed E-state index contributed by atoms with van der Waals surface area (Å²) < 4.78 is 9.78. The second-order valence-electron chi connectivity index (χ2n) is 5.50. The zero-order chi connectivity index (χ0) is 16.4. The van der Waals surface area contributed by atoms with E-state index >= 15 is 0 Å². The van der Waals surface area contributed by atoms with Crippen LogP contribution in [-0.4, -0.2) is 42.7 Å². The molecule has 0 N–H and O–H groups in total. The summed E-state index contributed by atoms with van der Waals surface area (Å²) in [6.45, 7) is 1.74. The lowest BCUT2D eigenvalue weighted by atomic mass is 10.1. The zero-order valence-electron chi connectivity index (χ0n) is 12.4. The lowest BCUT2D eigenvalue weighted by Crippen LogP contribution is -2.23. The number of anilines is 1. The molecule has 23 heavy (non-hydrogen) atoms. The highest BCUT2D eigenvalue weighted by molar-refractivity contribution is 5.93. The summed E-state index contributed by atoms with van der Waals surface area (Å²) in [7, 11) is 0. The lowest BCUT2D eigenvalue weighted by Gasteiger charge is -2.17. The van der Waals surface area contributed by atoms with Crippen molar-refractivity contribution in [3.05, 3.63) is 33.9 Å².